The van der Waals surface area contributed by atoms with E-state index in [0.29, 0.717) is 19.4 Å². The van der Waals surface area contributed by atoms with Crippen LogP contribution in [0.5, 0.6) is 0 Å². The highest BCUT2D eigenvalue weighted by atomic mass is 16.6. The van der Waals surface area contributed by atoms with Crippen molar-refractivity contribution in [3.63, 3.8) is 0 Å². The van der Waals surface area contributed by atoms with E-state index < -0.39 is 22.8 Å². The van der Waals surface area contributed by atoms with E-state index in [1.54, 1.807) is 13.8 Å². The first-order chi connectivity index (χ1) is 10.8. The molecule has 23 heavy (non-hydrogen) atoms. The number of carbonyl (C=O) groups excluding carboxylic acids is 1. The highest BCUT2D eigenvalue weighted by Crippen LogP contribution is 2.34. The number of hydrogen-bond donors (Lipinski definition) is 2. The Hall–Kier alpha value is -2.64. The quantitative estimate of drug-likeness (QED) is 0.631. The van der Waals surface area contributed by atoms with Gasteiger partial charge < -0.3 is 15.3 Å². The predicted molar refractivity (Wildman–Crippen MR) is 83.7 cm³/mol. The monoisotopic (exact) mass is 321 g/mol. The first-order valence-electron chi connectivity index (χ1n) is 7.40. The van der Waals surface area contributed by atoms with Crippen molar-refractivity contribution in [2.24, 2.45) is 0 Å². The van der Waals surface area contributed by atoms with Gasteiger partial charge in [-0.3, -0.25) is 14.9 Å². The van der Waals surface area contributed by atoms with Gasteiger partial charge in [-0.2, -0.15) is 0 Å². The molecule has 1 saturated heterocycles. The fraction of sp³-hybridized carbons (Fsp3) is 0.467. The molecule has 2 rings (SSSR count). The number of anilines is 1. The van der Waals surface area contributed by atoms with E-state index in [0.717, 1.165) is 0 Å². The lowest BCUT2D eigenvalue weighted by Gasteiger charge is -2.23. The van der Waals surface area contributed by atoms with Gasteiger partial charge in [-0.1, -0.05) is 0 Å². The van der Waals surface area contributed by atoms with Crippen molar-refractivity contribution < 1.29 is 19.6 Å². The first kappa shape index (κ1) is 16.7. The molecule has 0 aromatic heterocycles. The largest absolute Gasteiger partial charge is 0.480 e. The van der Waals surface area contributed by atoms with Gasteiger partial charge in [-0.05, 0) is 38.8 Å². The average Bonchev–Trinajstić information content (AvgIpc) is 2.95. The summed E-state index contributed by atoms with van der Waals surface area (Å²) < 4.78 is 0. The van der Waals surface area contributed by atoms with Crippen LogP contribution in [0, 0.1) is 10.1 Å². The number of nitro benzene ring substituents is 1. The molecule has 1 atom stereocenters. The molecule has 0 saturated carbocycles. The molecule has 1 amide bonds. The maximum absolute atomic E-state index is 12.0. The summed E-state index contributed by atoms with van der Waals surface area (Å²) in [7, 11) is 0. The zero-order valence-electron chi connectivity index (χ0n) is 13.0. The fourth-order valence-electron chi connectivity index (χ4n) is 2.71. The molecule has 2 N–H and O–H groups in total. The molecular formula is C15H19N3O5. The summed E-state index contributed by atoms with van der Waals surface area (Å²) in [6.07, 6.45) is 1.10. The minimum Gasteiger partial charge on any atom is -0.480 e. The Labute approximate surface area is 133 Å². The van der Waals surface area contributed by atoms with E-state index in [1.807, 2.05) is 0 Å². The van der Waals surface area contributed by atoms with Crippen LogP contribution in [0.1, 0.15) is 37.0 Å². The number of nitrogens with one attached hydrogen (secondary N) is 1. The normalized spacial score (nSPS) is 17.3. The van der Waals surface area contributed by atoms with Gasteiger partial charge in [0.15, 0.2) is 0 Å². The number of carboxylic acid groups (broad SMARTS) is 1. The van der Waals surface area contributed by atoms with Crippen LogP contribution in [-0.4, -0.2) is 40.5 Å². The fourth-order valence-corrected chi connectivity index (χ4v) is 2.71. The van der Waals surface area contributed by atoms with Crippen molar-refractivity contribution in [3.05, 3.63) is 33.9 Å². The smallest absolute Gasteiger partial charge is 0.326 e. The third kappa shape index (κ3) is 3.58. The van der Waals surface area contributed by atoms with Gasteiger partial charge in [0.1, 0.15) is 11.7 Å². The number of nitro groups is 1. The van der Waals surface area contributed by atoms with Gasteiger partial charge in [-0.15, -0.1) is 0 Å². The Morgan fingerprint density at radius 2 is 2.13 bits per heavy atom. The van der Waals surface area contributed by atoms with Gasteiger partial charge in [0.2, 0.25) is 0 Å². The van der Waals surface area contributed by atoms with Crippen molar-refractivity contribution in [3.8, 4) is 0 Å². The van der Waals surface area contributed by atoms with Crippen molar-refractivity contribution in [1.82, 2.24) is 5.32 Å². The van der Waals surface area contributed by atoms with Gasteiger partial charge in [-0.25, -0.2) is 4.79 Å². The number of rotatable bonds is 5. The minimum absolute atomic E-state index is 0.0868. The molecule has 1 aliphatic rings. The summed E-state index contributed by atoms with van der Waals surface area (Å²) in [5, 5.41) is 23.3. The molecule has 0 aliphatic carbocycles. The van der Waals surface area contributed by atoms with E-state index in [4.69, 9.17) is 0 Å². The standard InChI is InChI=1S/C15H19N3O5/c1-9(2)16-14(19)10-5-6-11(13(8-10)18(22)23)17-7-3-4-12(17)15(20)21/h5-6,8-9,12H,3-4,7H2,1-2H3,(H,16,19)(H,20,21)/t12-/m0/s1. The summed E-state index contributed by atoms with van der Waals surface area (Å²) >= 11 is 0. The average molecular weight is 321 g/mol. The number of nitrogens with zero attached hydrogens (tertiary/aromatic N) is 2. The Morgan fingerprint density at radius 3 is 2.70 bits per heavy atom. The van der Waals surface area contributed by atoms with Crippen LogP contribution in [0.2, 0.25) is 0 Å². The number of carboxylic acids is 1. The highest BCUT2D eigenvalue weighted by Gasteiger charge is 2.34. The van der Waals surface area contributed by atoms with Crippen molar-refractivity contribution in [2.45, 2.75) is 38.8 Å². The molecule has 124 valence electrons. The van der Waals surface area contributed by atoms with Crippen LogP contribution < -0.4 is 10.2 Å². The molecule has 1 aliphatic heterocycles. The van der Waals surface area contributed by atoms with Crippen LogP contribution in [0.15, 0.2) is 18.2 Å². The maximum atomic E-state index is 12.0. The second-order valence-electron chi connectivity index (χ2n) is 5.78. The summed E-state index contributed by atoms with van der Waals surface area (Å²) in [5.41, 5.74) is 0.163. The van der Waals surface area contributed by atoms with Crippen LogP contribution in [0.4, 0.5) is 11.4 Å². The Balaban J connectivity index is 2.39. The van der Waals surface area contributed by atoms with Crippen molar-refractivity contribution in [2.75, 3.05) is 11.4 Å². The van der Waals surface area contributed by atoms with Crippen LogP contribution in [0.25, 0.3) is 0 Å². The van der Waals surface area contributed by atoms with Crippen LogP contribution >= 0.6 is 0 Å². The summed E-state index contributed by atoms with van der Waals surface area (Å²) in [5.74, 6) is -1.40. The lowest BCUT2D eigenvalue weighted by atomic mass is 10.1. The molecule has 1 aromatic carbocycles. The Kier molecular flexibility index (Phi) is 4.83. The Bertz CT molecular complexity index is 644. The molecule has 8 nitrogen and oxygen atoms in total. The van der Waals surface area contributed by atoms with E-state index in [-0.39, 0.29) is 23.0 Å². The summed E-state index contributed by atoms with van der Waals surface area (Å²) in [6, 6.07) is 3.27. The van der Waals surface area contributed by atoms with E-state index in [2.05, 4.69) is 5.32 Å². The van der Waals surface area contributed by atoms with Gasteiger partial charge in [0.05, 0.1) is 4.92 Å². The molecule has 0 bridgehead atoms. The van der Waals surface area contributed by atoms with E-state index in [1.165, 1.54) is 23.1 Å². The number of amides is 1. The first-order valence-corrected chi connectivity index (χ1v) is 7.40. The summed E-state index contributed by atoms with van der Waals surface area (Å²) in [6.45, 7) is 4.03. The van der Waals surface area contributed by atoms with Crippen molar-refractivity contribution in [1.29, 1.82) is 0 Å². The molecule has 0 radical (unpaired) electrons. The lowest BCUT2D eigenvalue weighted by molar-refractivity contribution is -0.384. The molecule has 0 spiro atoms. The summed E-state index contributed by atoms with van der Waals surface area (Å²) in [4.78, 5) is 35.6. The third-order valence-electron chi connectivity index (χ3n) is 3.70. The van der Waals surface area contributed by atoms with E-state index >= 15 is 0 Å². The van der Waals surface area contributed by atoms with Gasteiger partial charge >= 0.3 is 5.97 Å². The van der Waals surface area contributed by atoms with Gasteiger partial charge in [0.25, 0.3) is 11.6 Å². The SMILES string of the molecule is CC(C)NC(=O)c1ccc(N2CCC[C@H]2C(=O)O)c([N+](=O)[O-])c1. The number of aliphatic carboxylic acids is 1. The molecule has 1 heterocycles. The molecule has 8 heteroatoms. The Morgan fingerprint density at radius 1 is 1.43 bits per heavy atom. The topological polar surface area (TPSA) is 113 Å². The molecule has 1 aromatic rings. The zero-order chi connectivity index (χ0) is 17.1. The van der Waals surface area contributed by atoms with E-state index in [9.17, 15) is 24.8 Å². The minimum atomic E-state index is -1.00. The second-order valence-corrected chi connectivity index (χ2v) is 5.78. The zero-order valence-corrected chi connectivity index (χ0v) is 13.0. The third-order valence-corrected chi connectivity index (χ3v) is 3.70. The van der Waals surface area contributed by atoms with Crippen LogP contribution in [0.3, 0.4) is 0 Å². The van der Waals surface area contributed by atoms with Gasteiger partial charge in [0, 0.05) is 24.2 Å². The lowest BCUT2D eigenvalue weighted by Crippen LogP contribution is -2.36. The number of benzene rings is 1. The highest BCUT2D eigenvalue weighted by molar-refractivity contribution is 5.96. The van der Waals surface area contributed by atoms with Crippen LogP contribution in [-0.2, 0) is 4.79 Å². The number of hydrogen-bond acceptors (Lipinski definition) is 5. The maximum Gasteiger partial charge on any atom is 0.326 e. The molecule has 0 unspecified atom stereocenters. The van der Waals surface area contributed by atoms with Crippen molar-refractivity contribution >= 4 is 23.3 Å². The predicted octanol–water partition coefficient (Wildman–Crippen LogP) is 1.79. The second kappa shape index (κ2) is 6.64. The molecule has 1 fully saturated rings. The number of carbonyl (C=O) groups is 2. The molecular weight excluding hydrogens is 302 g/mol.